The summed E-state index contributed by atoms with van der Waals surface area (Å²) >= 11 is 0. The Kier molecular flexibility index (Phi) is 5.96. The molecule has 0 spiro atoms. The zero-order chi connectivity index (χ0) is 12.5. The van der Waals surface area contributed by atoms with Gasteiger partial charge in [-0.05, 0) is 43.2 Å². The van der Waals surface area contributed by atoms with Gasteiger partial charge in [0.15, 0.2) is 0 Å². The molecule has 0 unspecified atom stereocenters. The zero-order valence-corrected chi connectivity index (χ0v) is 9.66. The number of carbonyl (C=O) groups is 1. The van der Waals surface area contributed by atoms with E-state index >= 15 is 0 Å². The minimum absolute atomic E-state index is 0.147. The highest BCUT2D eigenvalue weighted by atomic mass is 19.1. The molecule has 0 aliphatic carbocycles. The number of nitrogens with one attached hydrogen (secondary N) is 1. The molecule has 0 aliphatic rings. The predicted octanol–water partition coefficient (Wildman–Crippen LogP) is 1.69. The van der Waals surface area contributed by atoms with Gasteiger partial charge in [0.2, 0.25) is 5.91 Å². The maximum atomic E-state index is 12.6. The van der Waals surface area contributed by atoms with Crippen LogP contribution in [0.15, 0.2) is 30.3 Å². The van der Waals surface area contributed by atoms with Crippen molar-refractivity contribution in [2.24, 2.45) is 5.73 Å². The quantitative estimate of drug-likeness (QED) is 0.583. The Morgan fingerprint density at radius 1 is 1.29 bits per heavy atom. The Morgan fingerprint density at radius 3 is 2.65 bits per heavy atom. The van der Waals surface area contributed by atoms with E-state index in [1.807, 2.05) is 0 Å². The molecule has 1 amide bonds. The molecule has 0 aromatic heterocycles. The summed E-state index contributed by atoms with van der Waals surface area (Å²) in [6, 6.07) is 5.96. The number of hydrogen-bond donors (Lipinski definition) is 2. The molecule has 0 aliphatic heterocycles. The van der Waals surface area contributed by atoms with Gasteiger partial charge < -0.3 is 11.1 Å². The fraction of sp³-hybridized carbons (Fsp3) is 0.308. The molecule has 92 valence electrons. The van der Waals surface area contributed by atoms with E-state index in [1.165, 1.54) is 18.2 Å². The second-order valence-electron chi connectivity index (χ2n) is 3.67. The van der Waals surface area contributed by atoms with Crippen molar-refractivity contribution >= 4 is 12.0 Å². The number of hydrogen-bond acceptors (Lipinski definition) is 2. The minimum Gasteiger partial charge on any atom is -0.353 e. The highest BCUT2D eigenvalue weighted by molar-refractivity contribution is 5.91. The summed E-state index contributed by atoms with van der Waals surface area (Å²) in [6.07, 6.45) is 4.88. The third kappa shape index (κ3) is 5.82. The van der Waals surface area contributed by atoms with Gasteiger partial charge in [-0.2, -0.15) is 0 Å². The van der Waals surface area contributed by atoms with Crippen LogP contribution in [0.2, 0.25) is 0 Å². The van der Waals surface area contributed by atoms with Crippen molar-refractivity contribution in [3.8, 4) is 0 Å². The van der Waals surface area contributed by atoms with Crippen LogP contribution in [0.4, 0.5) is 4.39 Å². The van der Waals surface area contributed by atoms with Gasteiger partial charge in [-0.1, -0.05) is 12.1 Å². The first-order valence-corrected chi connectivity index (χ1v) is 5.64. The predicted molar refractivity (Wildman–Crippen MR) is 66.7 cm³/mol. The molecular formula is C13H17FN2O. The molecule has 17 heavy (non-hydrogen) atoms. The Labute approximate surface area is 101 Å². The molecule has 1 rings (SSSR count). The Balaban J connectivity index is 2.32. The monoisotopic (exact) mass is 236 g/mol. The van der Waals surface area contributed by atoms with Crippen LogP contribution >= 0.6 is 0 Å². The average molecular weight is 236 g/mol. The summed E-state index contributed by atoms with van der Waals surface area (Å²) in [6.45, 7) is 1.27. The number of carbonyl (C=O) groups excluding carboxylic acids is 1. The largest absolute Gasteiger partial charge is 0.353 e. The van der Waals surface area contributed by atoms with Crippen molar-refractivity contribution in [1.29, 1.82) is 0 Å². The fourth-order valence-corrected chi connectivity index (χ4v) is 1.29. The summed E-state index contributed by atoms with van der Waals surface area (Å²) in [5, 5.41) is 2.74. The van der Waals surface area contributed by atoms with Crippen LogP contribution in [0, 0.1) is 5.82 Å². The molecular weight excluding hydrogens is 219 g/mol. The Morgan fingerprint density at radius 2 is 2.00 bits per heavy atom. The summed E-state index contributed by atoms with van der Waals surface area (Å²) in [5.74, 6) is -0.431. The number of nitrogens with two attached hydrogens (primary N) is 1. The average Bonchev–Trinajstić information content (AvgIpc) is 2.34. The van der Waals surface area contributed by atoms with Crippen LogP contribution in [0.1, 0.15) is 18.4 Å². The summed E-state index contributed by atoms with van der Waals surface area (Å²) < 4.78 is 12.6. The van der Waals surface area contributed by atoms with Crippen LogP contribution in [-0.2, 0) is 4.79 Å². The van der Waals surface area contributed by atoms with Crippen molar-refractivity contribution < 1.29 is 9.18 Å². The second-order valence-corrected chi connectivity index (χ2v) is 3.67. The summed E-state index contributed by atoms with van der Waals surface area (Å²) in [5.41, 5.74) is 6.13. The Bertz CT molecular complexity index is 374. The Hall–Kier alpha value is -1.68. The first-order chi connectivity index (χ1) is 8.22. The van der Waals surface area contributed by atoms with Crippen LogP contribution in [-0.4, -0.2) is 19.0 Å². The fourth-order valence-electron chi connectivity index (χ4n) is 1.29. The van der Waals surface area contributed by atoms with E-state index in [2.05, 4.69) is 5.32 Å². The van der Waals surface area contributed by atoms with E-state index in [9.17, 15) is 9.18 Å². The van der Waals surface area contributed by atoms with Gasteiger partial charge in [0.05, 0.1) is 0 Å². The highest BCUT2D eigenvalue weighted by Crippen LogP contribution is 2.04. The standard InChI is InChI=1S/C13H17FN2O/c14-12-6-3-11(4-7-12)5-8-13(17)16-10-2-1-9-15/h3-8H,1-2,9-10,15H2,(H,16,17). The molecule has 0 heterocycles. The lowest BCUT2D eigenvalue weighted by atomic mass is 10.2. The number of benzene rings is 1. The third-order valence-electron chi connectivity index (χ3n) is 2.23. The number of rotatable bonds is 6. The van der Waals surface area contributed by atoms with Crippen molar-refractivity contribution in [2.75, 3.05) is 13.1 Å². The molecule has 0 fully saturated rings. The van der Waals surface area contributed by atoms with Gasteiger partial charge in [-0.3, -0.25) is 4.79 Å². The van der Waals surface area contributed by atoms with Crippen LogP contribution in [0.25, 0.3) is 6.08 Å². The van der Waals surface area contributed by atoms with Crippen molar-refractivity contribution in [3.63, 3.8) is 0 Å². The van der Waals surface area contributed by atoms with E-state index in [0.29, 0.717) is 13.1 Å². The van der Waals surface area contributed by atoms with E-state index in [-0.39, 0.29) is 11.7 Å². The third-order valence-corrected chi connectivity index (χ3v) is 2.23. The van der Waals surface area contributed by atoms with Crippen LogP contribution in [0.5, 0.6) is 0 Å². The van der Waals surface area contributed by atoms with Crippen molar-refractivity contribution in [1.82, 2.24) is 5.32 Å². The summed E-state index contributed by atoms with van der Waals surface area (Å²) in [4.78, 5) is 11.3. The molecule has 0 bridgehead atoms. The van der Waals surface area contributed by atoms with Crippen LogP contribution < -0.4 is 11.1 Å². The van der Waals surface area contributed by atoms with E-state index in [0.717, 1.165) is 18.4 Å². The molecule has 3 N–H and O–H groups in total. The zero-order valence-electron chi connectivity index (χ0n) is 9.66. The molecule has 1 aromatic rings. The van der Waals surface area contributed by atoms with Gasteiger partial charge in [0.1, 0.15) is 5.82 Å². The maximum absolute atomic E-state index is 12.6. The maximum Gasteiger partial charge on any atom is 0.243 e. The molecule has 0 saturated carbocycles. The number of unbranched alkanes of at least 4 members (excludes halogenated alkanes) is 1. The lowest BCUT2D eigenvalue weighted by molar-refractivity contribution is -0.116. The van der Waals surface area contributed by atoms with Gasteiger partial charge >= 0.3 is 0 Å². The topological polar surface area (TPSA) is 55.1 Å². The highest BCUT2D eigenvalue weighted by Gasteiger charge is 1.94. The molecule has 0 atom stereocenters. The lowest BCUT2D eigenvalue weighted by Crippen LogP contribution is -2.22. The molecule has 3 nitrogen and oxygen atoms in total. The molecule has 1 aromatic carbocycles. The van der Waals surface area contributed by atoms with E-state index in [4.69, 9.17) is 5.73 Å². The molecule has 0 saturated heterocycles. The SMILES string of the molecule is NCCCCNC(=O)C=Cc1ccc(F)cc1. The smallest absolute Gasteiger partial charge is 0.243 e. The molecule has 0 radical (unpaired) electrons. The van der Waals surface area contributed by atoms with Gasteiger partial charge in [0.25, 0.3) is 0 Å². The van der Waals surface area contributed by atoms with E-state index < -0.39 is 0 Å². The van der Waals surface area contributed by atoms with Crippen molar-refractivity contribution in [2.45, 2.75) is 12.8 Å². The van der Waals surface area contributed by atoms with Crippen LogP contribution in [0.3, 0.4) is 0 Å². The van der Waals surface area contributed by atoms with E-state index in [1.54, 1.807) is 18.2 Å². The normalized spacial score (nSPS) is 10.7. The van der Waals surface area contributed by atoms with Gasteiger partial charge in [-0.25, -0.2) is 4.39 Å². The second kappa shape index (κ2) is 7.57. The number of halogens is 1. The van der Waals surface area contributed by atoms with Gasteiger partial charge in [0, 0.05) is 12.6 Å². The number of amides is 1. The van der Waals surface area contributed by atoms with Gasteiger partial charge in [-0.15, -0.1) is 0 Å². The van der Waals surface area contributed by atoms with Crippen molar-refractivity contribution in [3.05, 3.63) is 41.7 Å². The summed E-state index contributed by atoms with van der Waals surface area (Å²) in [7, 11) is 0. The molecule has 4 heteroatoms. The first kappa shape index (κ1) is 13.4. The first-order valence-electron chi connectivity index (χ1n) is 5.64. The minimum atomic E-state index is -0.284. The lowest BCUT2D eigenvalue weighted by Gasteiger charge is -2.00.